The topological polar surface area (TPSA) is 132 Å². The molecule has 0 saturated carbocycles. The highest BCUT2D eigenvalue weighted by molar-refractivity contribution is 5.87. The van der Waals surface area contributed by atoms with Gasteiger partial charge in [0.05, 0.1) is 29.2 Å². The largest absolute Gasteiger partial charge is 0.437 e. The lowest BCUT2D eigenvalue weighted by molar-refractivity contribution is -0.140. The molecule has 3 heterocycles. The first-order valence-corrected chi connectivity index (χ1v) is 11.7. The first-order valence-electron chi connectivity index (χ1n) is 11.7. The molecule has 0 aliphatic rings. The van der Waals surface area contributed by atoms with Crippen LogP contribution in [0.3, 0.4) is 0 Å². The van der Waals surface area contributed by atoms with Crippen molar-refractivity contribution in [1.82, 2.24) is 24.7 Å². The summed E-state index contributed by atoms with van der Waals surface area (Å²) in [7, 11) is 0. The Labute approximate surface area is 224 Å². The maximum Gasteiger partial charge on any atom is 0.437 e. The van der Waals surface area contributed by atoms with Gasteiger partial charge in [-0.2, -0.15) is 31.4 Å². The SMILES string of the molecule is CC(CCCn1ccc2cc(-c3cnc(C(F)(F)F)c(N)n3)c(F)c(F)c2c1=O)Nc1cn[nH]c(=O)c1C(F)(F)F. The number of rotatable bonds is 7. The van der Waals surface area contributed by atoms with Gasteiger partial charge >= 0.3 is 12.4 Å². The van der Waals surface area contributed by atoms with E-state index in [1.807, 2.05) is 0 Å². The Morgan fingerprint density at radius 2 is 1.78 bits per heavy atom. The third-order valence-electron chi connectivity index (χ3n) is 6.07. The monoisotopic (exact) mass is 589 g/mol. The summed E-state index contributed by atoms with van der Waals surface area (Å²) in [5, 5.41) is 6.95. The van der Waals surface area contributed by atoms with Crippen LogP contribution in [0, 0.1) is 11.6 Å². The fraction of sp³-hybridized carbons (Fsp3) is 0.292. The van der Waals surface area contributed by atoms with Crippen LogP contribution in [0.25, 0.3) is 22.0 Å². The molecule has 1 aromatic carbocycles. The van der Waals surface area contributed by atoms with Gasteiger partial charge < -0.3 is 15.6 Å². The van der Waals surface area contributed by atoms with E-state index in [2.05, 4.69) is 20.4 Å². The summed E-state index contributed by atoms with van der Waals surface area (Å²) in [6, 6.07) is 1.70. The summed E-state index contributed by atoms with van der Waals surface area (Å²) in [4.78, 5) is 31.2. The molecule has 4 aromatic rings. The Kier molecular flexibility index (Phi) is 7.73. The molecule has 0 saturated heterocycles. The number of aryl methyl sites for hydroxylation is 1. The Hall–Kier alpha value is -4.57. The molecule has 0 radical (unpaired) electrons. The molecule has 0 aliphatic heterocycles. The number of anilines is 2. The molecule has 41 heavy (non-hydrogen) atoms. The number of nitrogens with zero attached hydrogens (tertiary/aromatic N) is 4. The average molecular weight is 589 g/mol. The van der Waals surface area contributed by atoms with Crippen molar-refractivity contribution in [2.45, 2.75) is 44.7 Å². The number of fused-ring (bicyclic) bond motifs is 1. The first-order chi connectivity index (χ1) is 19.1. The number of nitrogen functional groups attached to an aromatic ring is 1. The van der Waals surface area contributed by atoms with Crippen molar-refractivity contribution >= 4 is 22.3 Å². The lowest BCUT2D eigenvalue weighted by Crippen LogP contribution is -2.27. The number of alkyl halides is 6. The fourth-order valence-electron chi connectivity index (χ4n) is 4.18. The highest BCUT2D eigenvalue weighted by Gasteiger charge is 2.38. The van der Waals surface area contributed by atoms with E-state index in [1.54, 1.807) is 5.10 Å². The van der Waals surface area contributed by atoms with Gasteiger partial charge in [0.1, 0.15) is 5.56 Å². The summed E-state index contributed by atoms with van der Waals surface area (Å²) in [6.07, 6.45) is -6.74. The van der Waals surface area contributed by atoms with Gasteiger partial charge in [-0.05, 0) is 37.3 Å². The summed E-state index contributed by atoms with van der Waals surface area (Å²) in [6.45, 7) is 1.52. The molecule has 0 aliphatic carbocycles. The maximum absolute atomic E-state index is 15.0. The van der Waals surface area contributed by atoms with Crippen LogP contribution in [0.2, 0.25) is 0 Å². The molecule has 17 heteroatoms. The van der Waals surface area contributed by atoms with Crippen molar-refractivity contribution < 1.29 is 35.1 Å². The average Bonchev–Trinajstić information content (AvgIpc) is 2.85. The Balaban J connectivity index is 1.54. The number of benzene rings is 1. The van der Waals surface area contributed by atoms with Gasteiger partial charge in [0, 0.05) is 24.3 Å². The molecular weight excluding hydrogens is 570 g/mol. The number of H-pyrrole nitrogens is 1. The van der Waals surface area contributed by atoms with E-state index in [-0.39, 0.29) is 24.8 Å². The van der Waals surface area contributed by atoms with E-state index in [1.165, 1.54) is 19.2 Å². The number of nitrogens with two attached hydrogens (primary N) is 1. The van der Waals surface area contributed by atoms with Crippen molar-refractivity contribution in [2.75, 3.05) is 11.1 Å². The second-order valence-electron chi connectivity index (χ2n) is 8.99. The lowest BCUT2D eigenvalue weighted by Gasteiger charge is -2.18. The number of aromatic nitrogens is 5. The molecule has 0 fully saturated rings. The Bertz CT molecular complexity index is 1730. The Morgan fingerprint density at radius 3 is 2.41 bits per heavy atom. The van der Waals surface area contributed by atoms with Crippen molar-refractivity contribution in [3.63, 3.8) is 0 Å². The van der Waals surface area contributed by atoms with Crippen molar-refractivity contribution in [3.05, 3.63) is 74.3 Å². The zero-order valence-corrected chi connectivity index (χ0v) is 20.8. The molecule has 3 aromatic heterocycles. The predicted molar refractivity (Wildman–Crippen MR) is 131 cm³/mol. The molecule has 0 spiro atoms. The van der Waals surface area contributed by atoms with Crippen LogP contribution >= 0.6 is 0 Å². The highest BCUT2D eigenvalue weighted by atomic mass is 19.4. The minimum absolute atomic E-state index is 0.0235. The Morgan fingerprint density at radius 1 is 1.07 bits per heavy atom. The molecule has 218 valence electrons. The normalized spacial score (nSPS) is 13.0. The number of nitrogens with one attached hydrogen (secondary N) is 2. The molecule has 9 nitrogen and oxygen atoms in total. The van der Waals surface area contributed by atoms with E-state index in [0.29, 0.717) is 6.20 Å². The third kappa shape index (κ3) is 5.97. The molecule has 0 bridgehead atoms. The van der Waals surface area contributed by atoms with Gasteiger partial charge in [0.2, 0.25) is 0 Å². The summed E-state index contributed by atoms with van der Waals surface area (Å²) < 4.78 is 109. The zero-order chi connectivity index (χ0) is 30.3. The maximum atomic E-state index is 15.0. The van der Waals surface area contributed by atoms with Gasteiger partial charge in [-0.1, -0.05) is 0 Å². The predicted octanol–water partition coefficient (Wildman–Crippen LogP) is 4.72. The molecule has 1 unspecified atom stereocenters. The van der Waals surface area contributed by atoms with Crippen LogP contribution in [0.15, 0.2) is 40.3 Å². The van der Waals surface area contributed by atoms with Crippen molar-refractivity contribution in [2.24, 2.45) is 0 Å². The van der Waals surface area contributed by atoms with Crippen LogP contribution in [0.1, 0.15) is 31.0 Å². The van der Waals surface area contributed by atoms with Gasteiger partial charge in [0.15, 0.2) is 23.1 Å². The zero-order valence-electron chi connectivity index (χ0n) is 20.8. The van der Waals surface area contributed by atoms with Gasteiger partial charge in [0.25, 0.3) is 11.1 Å². The molecule has 4 rings (SSSR count). The quantitative estimate of drug-likeness (QED) is 0.266. The van der Waals surface area contributed by atoms with Gasteiger partial charge in [-0.3, -0.25) is 9.59 Å². The lowest BCUT2D eigenvalue weighted by atomic mass is 10.0. The summed E-state index contributed by atoms with van der Waals surface area (Å²) in [5.74, 6) is -4.15. The smallest absolute Gasteiger partial charge is 0.382 e. The van der Waals surface area contributed by atoms with E-state index < -0.39 is 80.6 Å². The van der Waals surface area contributed by atoms with E-state index in [4.69, 9.17) is 5.73 Å². The van der Waals surface area contributed by atoms with E-state index in [9.17, 15) is 40.3 Å². The fourth-order valence-corrected chi connectivity index (χ4v) is 4.18. The van der Waals surface area contributed by atoms with Crippen molar-refractivity contribution in [3.8, 4) is 11.3 Å². The number of hydrogen-bond donors (Lipinski definition) is 3. The van der Waals surface area contributed by atoms with Crippen LogP contribution in [-0.4, -0.2) is 30.8 Å². The minimum Gasteiger partial charge on any atom is -0.382 e. The molecular formula is C24H19F8N7O2. The number of pyridine rings is 1. The summed E-state index contributed by atoms with van der Waals surface area (Å²) in [5.41, 5.74) is -1.53. The van der Waals surface area contributed by atoms with E-state index >= 15 is 4.39 Å². The highest BCUT2D eigenvalue weighted by Crippen LogP contribution is 2.34. The van der Waals surface area contributed by atoms with Gasteiger partial charge in [-0.15, -0.1) is 0 Å². The van der Waals surface area contributed by atoms with Crippen LogP contribution in [0.4, 0.5) is 46.6 Å². The molecule has 1 atom stereocenters. The number of hydrogen-bond acceptors (Lipinski definition) is 7. The van der Waals surface area contributed by atoms with Crippen LogP contribution in [-0.2, 0) is 18.9 Å². The third-order valence-corrected chi connectivity index (χ3v) is 6.07. The second-order valence-corrected chi connectivity index (χ2v) is 8.99. The van der Waals surface area contributed by atoms with Crippen molar-refractivity contribution in [1.29, 1.82) is 0 Å². The first kappa shape index (κ1) is 29.4. The summed E-state index contributed by atoms with van der Waals surface area (Å²) >= 11 is 0. The van der Waals surface area contributed by atoms with E-state index in [0.717, 1.165) is 16.8 Å². The van der Waals surface area contributed by atoms with Crippen LogP contribution in [0.5, 0.6) is 0 Å². The number of aromatic amines is 1. The second kappa shape index (κ2) is 10.8. The molecule has 0 amide bonds. The van der Waals surface area contributed by atoms with Gasteiger partial charge in [-0.25, -0.2) is 23.8 Å². The standard InChI is InChI=1S/C24H19F8N7O2/c1-10(36-14-9-35-38-21(40)16(14)23(27,28)29)3-2-5-39-6-4-11-7-12(17(25)18(26)15(11)22(39)41)13-8-34-19(20(33)37-13)24(30,31)32/h4,6-10H,2-3,5H2,1H3,(H2,33,37)(H2,36,38,40). The minimum atomic E-state index is -4.93. The molecule has 4 N–H and O–H groups in total. The number of halogens is 8. The van der Waals surface area contributed by atoms with Crippen LogP contribution < -0.4 is 22.2 Å².